The lowest BCUT2D eigenvalue weighted by Crippen LogP contribution is -2.35. The third-order valence-electron chi connectivity index (χ3n) is 2.84. The molecule has 0 aliphatic heterocycles. The van der Waals surface area contributed by atoms with Gasteiger partial charge >= 0.3 is 0 Å². The minimum absolute atomic E-state index is 0.485. The molecule has 16 heavy (non-hydrogen) atoms. The highest BCUT2D eigenvalue weighted by atomic mass is 32.1. The zero-order valence-electron chi connectivity index (χ0n) is 10.2. The zero-order chi connectivity index (χ0) is 11.6. The third kappa shape index (κ3) is 5.64. The van der Waals surface area contributed by atoms with E-state index in [4.69, 9.17) is 5.73 Å². The minimum Gasteiger partial charge on any atom is -0.329 e. The summed E-state index contributed by atoms with van der Waals surface area (Å²) < 4.78 is 0. The van der Waals surface area contributed by atoms with E-state index in [1.165, 1.54) is 37.0 Å². The molecule has 0 aromatic carbocycles. The first-order chi connectivity index (χ1) is 7.86. The second kappa shape index (κ2) is 8.74. The number of unbranched alkanes of at least 4 members (excludes halogenated alkanes) is 3. The summed E-state index contributed by atoms with van der Waals surface area (Å²) >= 11 is 1.80. The largest absolute Gasteiger partial charge is 0.329 e. The van der Waals surface area contributed by atoms with Gasteiger partial charge in [0.05, 0.1) is 0 Å². The Kier molecular flexibility index (Phi) is 7.47. The molecule has 0 saturated carbocycles. The molecule has 1 aromatic rings. The van der Waals surface area contributed by atoms with Crippen molar-refractivity contribution in [3.8, 4) is 0 Å². The van der Waals surface area contributed by atoms with Crippen LogP contribution in [0, 0.1) is 0 Å². The molecular formula is C13H24N2S. The van der Waals surface area contributed by atoms with Crippen LogP contribution in [0.15, 0.2) is 17.5 Å². The van der Waals surface area contributed by atoms with Crippen LogP contribution in [0.2, 0.25) is 0 Å². The molecule has 0 spiro atoms. The molecule has 0 fully saturated rings. The number of nitrogens with two attached hydrogens (primary N) is 1. The second-order valence-corrected chi connectivity index (χ2v) is 5.27. The van der Waals surface area contributed by atoms with Crippen molar-refractivity contribution in [2.24, 2.45) is 5.73 Å². The molecule has 92 valence electrons. The Bertz CT molecular complexity index is 246. The second-order valence-electron chi connectivity index (χ2n) is 4.24. The van der Waals surface area contributed by atoms with Crippen LogP contribution in [0.4, 0.5) is 0 Å². The van der Waals surface area contributed by atoms with E-state index in [2.05, 4.69) is 29.8 Å². The molecule has 1 atom stereocenters. The fourth-order valence-corrected chi connectivity index (χ4v) is 2.43. The Morgan fingerprint density at radius 1 is 1.38 bits per heavy atom. The Balaban J connectivity index is 2.11. The van der Waals surface area contributed by atoms with Gasteiger partial charge in [-0.15, -0.1) is 11.3 Å². The van der Waals surface area contributed by atoms with Gasteiger partial charge in [-0.3, -0.25) is 0 Å². The summed E-state index contributed by atoms with van der Waals surface area (Å²) in [6, 6.07) is 4.75. The molecule has 0 radical (unpaired) electrons. The fraction of sp³-hybridized carbons (Fsp3) is 0.692. The van der Waals surface area contributed by atoms with Crippen LogP contribution in [0.5, 0.6) is 0 Å². The highest BCUT2D eigenvalue weighted by Crippen LogP contribution is 2.09. The summed E-state index contributed by atoms with van der Waals surface area (Å²) in [6.07, 6.45) is 6.50. The van der Waals surface area contributed by atoms with Crippen molar-refractivity contribution in [2.75, 3.05) is 6.54 Å². The molecule has 0 amide bonds. The van der Waals surface area contributed by atoms with Crippen LogP contribution in [0.25, 0.3) is 0 Å². The lowest BCUT2D eigenvalue weighted by molar-refractivity contribution is 0.462. The van der Waals surface area contributed by atoms with Gasteiger partial charge < -0.3 is 11.1 Å². The van der Waals surface area contributed by atoms with E-state index in [-0.39, 0.29) is 0 Å². The van der Waals surface area contributed by atoms with E-state index in [1.807, 2.05) is 0 Å². The number of hydrogen-bond donors (Lipinski definition) is 2. The van der Waals surface area contributed by atoms with Gasteiger partial charge in [-0.05, 0) is 17.9 Å². The molecule has 1 unspecified atom stereocenters. The highest BCUT2D eigenvalue weighted by molar-refractivity contribution is 7.09. The quantitative estimate of drug-likeness (QED) is 0.651. The normalized spacial score (nSPS) is 12.9. The van der Waals surface area contributed by atoms with Gasteiger partial charge in [0.2, 0.25) is 0 Å². The van der Waals surface area contributed by atoms with E-state index in [0.29, 0.717) is 6.04 Å². The number of nitrogens with one attached hydrogen (secondary N) is 1. The maximum atomic E-state index is 5.77. The van der Waals surface area contributed by atoms with Crippen molar-refractivity contribution in [1.82, 2.24) is 5.32 Å². The average molecular weight is 240 g/mol. The Hall–Kier alpha value is -0.380. The molecule has 0 saturated heterocycles. The maximum absolute atomic E-state index is 5.77. The van der Waals surface area contributed by atoms with Crippen molar-refractivity contribution < 1.29 is 0 Å². The number of thiophene rings is 1. The van der Waals surface area contributed by atoms with Gasteiger partial charge in [0.1, 0.15) is 0 Å². The number of hydrogen-bond acceptors (Lipinski definition) is 3. The topological polar surface area (TPSA) is 38.0 Å². The van der Waals surface area contributed by atoms with Crippen molar-refractivity contribution >= 4 is 11.3 Å². The molecular weight excluding hydrogens is 216 g/mol. The molecule has 1 heterocycles. The Morgan fingerprint density at radius 2 is 2.25 bits per heavy atom. The van der Waals surface area contributed by atoms with E-state index in [1.54, 1.807) is 11.3 Å². The average Bonchev–Trinajstić information content (AvgIpc) is 2.81. The SMILES string of the molecule is CCCCCCC(CN)NCc1cccs1. The van der Waals surface area contributed by atoms with Crippen LogP contribution >= 0.6 is 11.3 Å². The Morgan fingerprint density at radius 3 is 2.88 bits per heavy atom. The number of rotatable bonds is 9. The summed E-state index contributed by atoms with van der Waals surface area (Å²) in [4.78, 5) is 1.40. The third-order valence-corrected chi connectivity index (χ3v) is 3.71. The molecule has 3 heteroatoms. The molecule has 0 aliphatic rings. The molecule has 2 nitrogen and oxygen atoms in total. The zero-order valence-corrected chi connectivity index (χ0v) is 11.1. The molecule has 0 aliphatic carbocycles. The summed E-state index contributed by atoms with van der Waals surface area (Å²) in [7, 11) is 0. The van der Waals surface area contributed by atoms with Crippen LogP contribution in [0.3, 0.4) is 0 Å². The van der Waals surface area contributed by atoms with Gasteiger partial charge in [0.25, 0.3) is 0 Å². The first-order valence-corrected chi connectivity index (χ1v) is 7.20. The maximum Gasteiger partial charge on any atom is 0.0302 e. The molecule has 1 aromatic heterocycles. The van der Waals surface area contributed by atoms with Crippen molar-refractivity contribution in [2.45, 2.75) is 51.6 Å². The van der Waals surface area contributed by atoms with Gasteiger partial charge in [-0.2, -0.15) is 0 Å². The summed E-state index contributed by atoms with van der Waals surface area (Å²) in [6.45, 7) is 3.96. The molecule has 0 bridgehead atoms. The van der Waals surface area contributed by atoms with Gasteiger partial charge in [-0.25, -0.2) is 0 Å². The highest BCUT2D eigenvalue weighted by Gasteiger charge is 2.05. The Labute approximate surface area is 103 Å². The monoisotopic (exact) mass is 240 g/mol. The van der Waals surface area contributed by atoms with E-state index >= 15 is 0 Å². The van der Waals surface area contributed by atoms with Crippen LogP contribution in [-0.2, 0) is 6.54 Å². The van der Waals surface area contributed by atoms with E-state index < -0.39 is 0 Å². The summed E-state index contributed by atoms with van der Waals surface area (Å²) in [5.41, 5.74) is 5.77. The van der Waals surface area contributed by atoms with Gasteiger partial charge in [0, 0.05) is 24.0 Å². The molecule has 3 N–H and O–H groups in total. The lowest BCUT2D eigenvalue weighted by atomic mass is 10.1. The predicted octanol–water partition coefficient (Wildman–Crippen LogP) is 3.14. The standard InChI is InChI=1S/C13H24N2S/c1-2-3-4-5-7-12(10-14)15-11-13-8-6-9-16-13/h6,8-9,12,15H,2-5,7,10-11,14H2,1H3. The predicted molar refractivity (Wildman–Crippen MR) is 72.8 cm³/mol. The smallest absolute Gasteiger partial charge is 0.0302 e. The van der Waals surface area contributed by atoms with Crippen molar-refractivity contribution in [3.63, 3.8) is 0 Å². The van der Waals surface area contributed by atoms with Crippen molar-refractivity contribution in [1.29, 1.82) is 0 Å². The van der Waals surface area contributed by atoms with Gasteiger partial charge in [-0.1, -0.05) is 38.7 Å². The van der Waals surface area contributed by atoms with E-state index in [9.17, 15) is 0 Å². The molecule has 1 rings (SSSR count). The van der Waals surface area contributed by atoms with Crippen LogP contribution in [0.1, 0.15) is 43.9 Å². The van der Waals surface area contributed by atoms with E-state index in [0.717, 1.165) is 13.1 Å². The summed E-state index contributed by atoms with van der Waals surface area (Å²) in [5, 5.41) is 5.65. The van der Waals surface area contributed by atoms with Crippen LogP contribution in [-0.4, -0.2) is 12.6 Å². The fourth-order valence-electron chi connectivity index (χ4n) is 1.78. The first kappa shape index (κ1) is 13.7. The summed E-state index contributed by atoms with van der Waals surface area (Å²) in [5.74, 6) is 0. The van der Waals surface area contributed by atoms with Crippen LogP contribution < -0.4 is 11.1 Å². The van der Waals surface area contributed by atoms with Crippen molar-refractivity contribution in [3.05, 3.63) is 22.4 Å². The first-order valence-electron chi connectivity index (χ1n) is 6.32. The lowest BCUT2D eigenvalue weighted by Gasteiger charge is -2.16. The minimum atomic E-state index is 0.485. The van der Waals surface area contributed by atoms with Gasteiger partial charge in [0.15, 0.2) is 0 Å².